The molecule has 4 heteroatoms. The lowest BCUT2D eigenvalue weighted by Crippen LogP contribution is -2.06. The van der Waals surface area contributed by atoms with E-state index in [9.17, 15) is 4.79 Å². The topological polar surface area (TPSA) is 63.2 Å². The number of carbonyl (C=O) groups is 1. The number of carbonyl (C=O) groups excluding carboxylic acids is 1. The molecule has 3 aromatic rings. The Labute approximate surface area is 133 Å². The molecule has 0 unspecified atom stereocenters. The minimum absolute atomic E-state index is 0.179. The van der Waals surface area contributed by atoms with Crippen LogP contribution in [0, 0.1) is 18.3 Å². The summed E-state index contributed by atoms with van der Waals surface area (Å²) in [6.07, 6.45) is 0. The van der Waals surface area contributed by atoms with Crippen molar-refractivity contribution >= 4 is 5.97 Å². The summed E-state index contributed by atoms with van der Waals surface area (Å²) in [4.78, 5) is 11.9. The first-order chi connectivity index (χ1) is 11.2. The Morgan fingerprint density at radius 3 is 2.09 bits per heavy atom. The van der Waals surface area contributed by atoms with E-state index in [0.717, 1.165) is 11.1 Å². The molecule has 2 aromatic carbocycles. The van der Waals surface area contributed by atoms with Crippen molar-refractivity contribution in [2.75, 3.05) is 0 Å². The number of hydrogen-bond acceptors (Lipinski definition) is 4. The highest BCUT2D eigenvalue weighted by molar-refractivity contribution is 5.88. The van der Waals surface area contributed by atoms with Gasteiger partial charge in [0, 0.05) is 0 Å². The molecule has 0 amide bonds. The number of benzene rings is 2. The standard InChI is InChI=1S/C19H13NO3/c1-13-2-11-18(22-13)19(21)23-17-9-7-16(8-10-17)15-5-3-14(12-20)4-6-15/h2-11H,1H3. The molecule has 0 spiro atoms. The molecule has 0 aliphatic rings. The maximum Gasteiger partial charge on any atom is 0.379 e. The van der Waals surface area contributed by atoms with E-state index in [0.29, 0.717) is 17.1 Å². The molecule has 4 nitrogen and oxygen atoms in total. The second kappa shape index (κ2) is 6.20. The monoisotopic (exact) mass is 303 g/mol. The van der Waals surface area contributed by atoms with Crippen molar-refractivity contribution < 1.29 is 13.9 Å². The molecule has 0 atom stereocenters. The third-order valence-electron chi connectivity index (χ3n) is 3.35. The van der Waals surface area contributed by atoms with E-state index in [1.807, 2.05) is 24.3 Å². The normalized spacial score (nSPS) is 10.1. The first-order valence-corrected chi connectivity index (χ1v) is 7.05. The molecular weight excluding hydrogens is 290 g/mol. The van der Waals surface area contributed by atoms with Gasteiger partial charge < -0.3 is 9.15 Å². The Balaban J connectivity index is 1.74. The fourth-order valence-electron chi connectivity index (χ4n) is 2.15. The lowest BCUT2D eigenvalue weighted by molar-refractivity contribution is 0.0700. The van der Waals surface area contributed by atoms with E-state index >= 15 is 0 Å². The van der Waals surface area contributed by atoms with Crippen LogP contribution in [0.4, 0.5) is 0 Å². The minimum atomic E-state index is -0.524. The second-order valence-electron chi connectivity index (χ2n) is 5.01. The highest BCUT2D eigenvalue weighted by atomic mass is 16.5. The van der Waals surface area contributed by atoms with Crippen molar-refractivity contribution in [2.24, 2.45) is 0 Å². The lowest BCUT2D eigenvalue weighted by atomic mass is 10.0. The SMILES string of the molecule is Cc1ccc(C(=O)Oc2ccc(-c3ccc(C#N)cc3)cc2)o1. The predicted molar refractivity (Wildman–Crippen MR) is 85.0 cm³/mol. The van der Waals surface area contributed by atoms with E-state index in [2.05, 4.69) is 6.07 Å². The number of nitriles is 1. The molecule has 23 heavy (non-hydrogen) atoms. The summed E-state index contributed by atoms with van der Waals surface area (Å²) >= 11 is 0. The Morgan fingerprint density at radius 2 is 1.57 bits per heavy atom. The zero-order chi connectivity index (χ0) is 16.2. The number of hydrogen-bond donors (Lipinski definition) is 0. The van der Waals surface area contributed by atoms with Crippen LogP contribution < -0.4 is 4.74 Å². The second-order valence-corrected chi connectivity index (χ2v) is 5.01. The third-order valence-corrected chi connectivity index (χ3v) is 3.35. The van der Waals surface area contributed by atoms with E-state index in [-0.39, 0.29) is 5.76 Å². The van der Waals surface area contributed by atoms with Crippen molar-refractivity contribution in [3.05, 3.63) is 77.7 Å². The van der Waals surface area contributed by atoms with E-state index in [1.165, 1.54) is 0 Å². The van der Waals surface area contributed by atoms with Crippen LogP contribution in [0.25, 0.3) is 11.1 Å². The van der Waals surface area contributed by atoms with Gasteiger partial charge in [0.25, 0.3) is 0 Å². The van der Waals surface area contributed by atoms with Crippen molar-refractivity contribution in [3.8, 4) is 22.9 Å². The van der Waals surface area contributed by atoms with Crippen molar-refractivity contribution in [1.29, 1.82) is 5.26 Å². The Kier molecular flexibility index (Phi) is 3.94. The Bertz CT molecular complexity index is 868. The summed E-state index contributed by atoms with van der Waals surface area (Å²) in [5, 5.41) is 8.81. The number of nitrogens with zero attached hydrogens (tertiary/aromatic N) is 1. The molecule has 0 bridgehead atoms. The quantitative estimate of drug-likeness (QED) is 0.533. The van der Waals surface area contributed by atoms with Gasteiger partial charge in [0.05, 0.1) is 11.6 Å². The van der Waals surface area contributed by atoms with Crippen LogP contribution in [-0.4, -0.2) is 5.97 Å². The number of furan rings is 1. The van der Waals surface area contributed by atoms with Crippen LogP contribution in [-0.2, 0) is 0 Å². The zero-order valence-corrected chi connectivity index (χ0v) is 12.4. The molecule has 0 saturated carbocycles. The van der Waals surface area contributed by atoms with Crippen LogP contribution in [0.15, 0.2) is 65.1 Å². The molecule has 0 N–H and O–H groups in total. The van der Waals surface area contributed by atoms with E-state index in [4.69, 9.17) is 14.4 Å². The fourth-order valence-corrected chi connectivity index (χ4v) is 2.15. The molecule has 112 valence electrons. The Hall–Kier alpha value is -3.32. The fraction of sp³-hybridized carbons (Fsp3) is 0.0526. The van der Waals surface area contributed by atoms with Crippen molar-refractivity contribution in [1.82, 2.24) is 0 Å². The van der Waals surface area contributed by atoms with Gasteiger partial charge in [0.15, 0.2) is 0 Å². The molecule has 1 heterocycles. The van der Waals surface area contributed by atoms with Gasteiger partial charge in [-0.05, 0) is 54.4 Å². The molecular formula is C19H13NO3. The first kappa shape index (κ1) is 14.6. The molecule has 3 rings (SSSR count). The van der Waals surface area contributed by atoms with Gasteiger partial charge >= 0.3 is 5.97 Å². The summed E-state index contributed by atoms with van der Waals surface area (Å²) in [7, 11) is 0. The minimum Gasteiger partial charge on any atom is -0.454 e. The van der Waals surface area contributed by atoms with Crippen LogP contribution in [0.5, 0.6) is 5.75 Å². The predicted octanol–water partition coefficient (Wildman–Crippen LogP) is 4.35. The highest BCUT2D eigenvalue weighted by Crippen LogP contribution is 2.23. The highest BCUT2D eigenvalue weighted by Gasteiger charge is 2.12. The maximum atomic E-state index is 11.9. The average molecular weight is 303 g/mol. The Morgan fingerprint density at radius 1 is 0.957 bits per heavy atom. The summed E-state index contributed by atoms with van der Waals surface area (Å²) in [5.74, 6) is 0.762. The summed E-state index contributed by atoms with van der Waals surface area (Å²) in [5.41, 5.74) is 2.58. The largest absolute Gasteiger partial charge is 0.454 e. The van der Waals surface area contributed by atoms with Gasteiger partial charge in [-0.25, -0.2) is 4.79 Å². The van der Waals surface area contributed by atoms with Crippen LogP contribution >= 0.6 is 0 Å². The van der Waals surface area contributed by atoms with Gasteiger partial charge in [-0.15, -0.1) is 0 Å². The molecule has 0 aliphatic carbocycles. The van der Waals surface area contributed by atoms with Crippen LogP contribution in [0.1, 0.15) is 21.9 Å². The average Bonchev–Trinajstić information content (AvgIpc) is 3.02. The van der Waals surface area contributed by atoms with Crippen molar-refractivity contribution in [3.63, 3.8) is 0 Å². The molecule has 0 aliphatic heterocycles. The summed E-state index contributed by atoms with van der Waals surface area (Å²) < 4.78 is 10.5. The smallest absolute Gasteiger partial charge is 0.379 e. The third kappa shape index (κ3) is 3.30. The molecule has 1 aromatic heterocycles. The van der Waals surface area contributed by atoms with Crippen LogP contribution in [0.3, 0.4) is 0 Å². The number of esters is 1. The number of ether oxygens (including phenoxy) is 1. The van der Waals surface area contributed by atoms with Gasteiger partial charge in [0.2, 0.25) is 5.76 Å². The zero-order valence-electron chi connectivity index (χ0n) is 12.4. The molecule has 0 fully saturated rings. The van der Waals surface area contributed by atoms with Gasteiger partial charge in [-0.3, -0.25) is 0 Å². The molecule has 0 radical (unpaired) electrons. The molecule has 0 saturated heterocycles. The van der Waals surface area contributed by atoms with Crippen molar-refractivity contribution in [2.45, 2.75) is 6.92 Å². The van der Waals surface area contributed by atoms with Gasteiger partial charge in [-0.1, -0.05) is 24.3 Å². The summed E-state index contributed by atoms with van der Waals surface area (Å²) in [6.45, 7) is 1.77. The number of rotatable bonds is 3. The van der Waals surface area contributed by atoms with Gasteiger partial charge in [0.1, 0.15) is 11.5 Å². The number of aryl methyl sites for hydroxylation is 1. The first-order valence-electron chi connectivity index (χ1n) is 7.05. The lowest BCUT2D eigenvalue weighted by Gasteiger charge is -2.05. The van der Waals surface area contributed by atoms with Gasteiger partial charge in [-0.2, -0.15) is 5.26 Å². The maximum absolute atomic E-state index is 11.9. The van der Waals surface area contributed by atoms with E-state index in [1.54, 1.807) is 43.3 Å². The van der Waals surface area contributed by atoms with Crippen LogP contribution in [0.2, 0.25) is 0 Å². The summed E-state index contributed by atoms with van der Waals surface area (Å²) in [6, 6.07) is 19.8. The van der Waals surface area contributed by atoms with E-state index < -0.39 is 5.97 Å².